The molecule has 5 nitrogen and oxygen atoms in total. The lowest BCUT2D eigenvalue weighted by molar-refractivity contribution is -0.127. The number of halogens is 1. The van der Waals surface area contributed by atoms with E-state index in [2.05, 4.69) is 10.6 Å². The average molecular weight is 293 g/mol. The number of hydrogen-bond donors (Lipinski definition) is 2. The fourth-order valence-corrected chi connectivity index (χ4v) is 2.35. The van der Waals surface area contributed by atoms with Crippen LogP contribution in [-0.2, 0) is 4.79 Å². The van der Waals surface area contributed by atoms with Crippen LogP contribution in [0.15, 0.2) is 18.2 Å². The van der Waals surface area contributed by atoms with Gasteiger partial charge in [-0.15, -0.1) is 0 Å². The molecular weight excluding hydrogens is 273 g/mol. The van der Waals surface area contributed by atoms with Crippen LogP contribution in [0.25, 0.3) is 0 Å². The molecule has 1 fully saturated rings. The van der Waals surface area contributed by atoms with Crippen LogP contribution < -0.4 is 10.6 Å². The fourth-order valence-electron chi connectivity index (χ4n) is 2.35. The summed E-state index contributed by atoms with van der Waals surface area (Å²) in [6.07, 6.45) is 2.29. The number of carbonyl (C=O) groups excluding carboxylic acids is 2. The van der Waals surface area contributed by atoms with E-state index in [1.807, 2.05) is 4.90 Å². The molecule has 0 aromatic heterocycles. The van der Waals surface area contributed by atoms with Crippen molar-refractivity contribution in [2.75, 3.05) is 25.0 Å². The van der Waals surface area contributed by atoms with Gasteiger partial charge in [-0.1, -0.05) is 0 Å². The van der Waals surface area contributed by atoms with E-state index < -0.39 is 0 Å². The number of aryl methyl sites for hydroxylation is 1. The summed E-state index contributed by atoms with van der Waals surface area (Å²) in [6, 6.07) is 3.89. The van der Waals surface area contributed by atoms with E-state index in [0.717, 1.165) is 19.4 Å². The number of urea groups is 1. The zero-order chi connectivity index (χ0) is 15.2. The van der Waals surface area contributed by atoms with E-state index in [1.165, 1.54) is 18.2 Å². The molecule has 1 aromatic carbocycles. The van der Waals surface area contributed by atoms with E-state index >= 15 is 0 Å². The molecule has 1 aliphatic rings. The number of nitrogens with one attached hydrogen (secondary N) is 2. The van der Waals surface area contributed by atoms with Crippen molar-refractivity contribution in [3.63, 3.8) is 0 Å². The van der Waals surface area contributed by atoms with Crippen LogP contribution in [0.1, 0.15) is 24.8 Å². The molecule has 2 N–H and O–H groups in total. The molecule has 0 radical (unpaired) electrons. The molecule has 1 heterocycles. The molecule has 0 aliphatic carbocycles. The van der Waals surface area contributed by atoms with Gasteiger partial charge >= 0.3 is 6.03 Å². The van der Waals surface area contributed by atoms with Crippen molar-refractivity contribution < 1.29 is 14.0 Å². The molecule has 1 saturated heterocycles. The van der Waals surface area contributed by atoms with Crippen LogP contribution in [-0.4, -0.2) is 36.5 Å². The van der Waals surface area contributed by atoms with Crippen molar-refractivity contribution in [3.8, 4) is 0 Å². The van der Waals surface area contributed by atoms with Crippen molar-refractivity contribution in [1.82, 2.24) is 10.2 Å². The minimum absolute atomic E-state index is 0.196. The summed E-state index contributed by atoms with van der Waals surface area (Å²) in [5.74, 6) is -0.130. The van der Waals surface area contributed by atoms with Gasteiger partial charge in [-0.25, -0.2) is 9.18 Å². The van der Waals surface area contributed by atoms with Crippen LogP contribution in [0.5, 0.6) is 0 Å². The summed E-state index contributed by atoms with van der Waals surface area (Å²) in [5.41, 5.74) is 1.26. The Bertz CT molecular complexity index is 534. The smallest absolute Gasteiger partial charge is 0.319 e. The predicted molar refractivity (Wildman–Crippen MR) is 78.6 cm³/mol. The lowest BCUT2D eigenvalue weighted by Gasteiger charge is -2.15. The maximum Gasteiger partial charge on any atom is 0.319 e. The molecule has 0 atom stereocenters. The number of anilines is 1. The first-order valence-corrected chi connectivity index (χ1v) is 7.15. The largest absolute Gasteiger partial charge is 0.343 e. The fraction of sp³-hybridized carbons (Fsp3) is 0.467. The highest BCUT2D eigenvalue weighted by Gasteiger charge is 2.18. The zero-order valence-corrected chi connectivity index (χ0v) is 12.1. The quantitative estimate of drug-likeness (QED) is 0.818. The van der Waals surface area contributed by atoms with Gasteiger partial charge in [0.25, 0.3) is 0 Å². The number of likely N-dealkylation sites (tertiary alicyclic amines) is 1. The maximum absolute atomic E-state index is 13.0. The second-order valence-electron chi connectivity index (χ2n) is 5.18. The summed E-state index contributed by atoms with van der Waals surface area (Å²) in [4.78, 5) is 24.9. The topological polar surface area (TPSA) is 61.4 Å². The Hall–Kier alpha value is -2.11. The molecule has 0 bridgehead atoms. The highest BCUT2D eigenvalue weighted by atomic mass is 19.1. The Labute approximate surface area is 123 Å². The Morgan fingerprint density at radius 2 is 2.24 bits per heavy atom. The molecule has 0 spiro atoms. The van der Waals surface area contributed by atoms with Crippen LogP contribution in [0.2, 0.25) is 0 Å². The van der Waals surface area contributed by atoms with E-state index in [0.29, 0.717) is 30.8 Å². The summed E-state index contributed by atoms with van der Waals surface area (Å²) in [6.45, 7) is 3.72. The van der Waals surface area contributed by atoms with Crippen LogP contribution in [0, 0.1) is 12.7 Å². The molecule has 21 heavy (non-hydrogen) atoms. The van der Waals surface area contributed by atoms with Gasteiger partial charge in [0.05, 0.1) is 0 Å². The number of benzene rings is 1. The number of nitrogens with zero attached hydrogens (tertiary/aromatic N) is 1. The van der Waals surface area contributed by atoms with Crippen molar-refractivity contribution in [2.24, 2.45) is 0 Å². The van der Waals surface area contributed by atoms with Gasteiger partial charge in [0.1, 0.15) is 5.82 Å². The third kappa shape index (κ3) is 4.44. The molecule has 1 aliphatic heterocycles. The lowest BCUT2D eigenvalue weighted by Crippen LogP contribution is -2.33. The van der Waals surface area contributed by atoms with Gasteiger partial charge in [-0.2, -0.15) is 0 Å². The van der Waals surface area contributed by atoms with E-state index in [9.17, 15) is 14.0 Å². The average Bonchev–Trinajstić information content (AvgIpc) is 2.84. The van der Waals surface area contributed by atoms with Gasteiger partial charge in [0.2, 0.25) is 5.91 Å². The Morgan fingerprint density at radius 3 is 2.90 bits per heavy atom. The highest BCUT2D eigenvalue weighted by Crippen LogP contribution is 2.15. The number of carbonyl (C=O) groups is 2. The maximum atomic E-state index is 13.0. The SMILES string of the molecule is Cc1cc(F)ccc1NC(=O)NCCCN1CCCC1=O. The predicted octanol–water partition coefficient (Wildman–Crippen LogP) is 2.27. The van der Waals surface area contributed by atoms with Gasteiger partial charge in [-0.05, 0) is 43.5 Å². The normalized spacial score (nSPS) is 14.4. The standard InChI is InChI=1S/C15H20FN3O2/c1-11-10-12(16)5-6-13(11)18-15(21)17-7-3-9-19-8-2-4-14(19)20/h5-6,10H,2-4,7-9H2,1H3,(H2,17,18,21). The van der Waals surface area contributed by atoms with Crippen molar-refractivity contribution >= 4 is 17.6 Å². The Morgan fingerprint density at radius 1 is 1.43 bits per heavy atom. The van der Waals surface area contributed by atoms with Gasteiger partial charge in [-0.3, -0.25) is 4.79 Å². The second-order valence-corrected chi connectivity index (χ2v) is 5.18. The minimum atomic E-state index is -0.325. The van der Waals surface area contributed by atoms with E-state index in [-0.39, 0.29) is 17.8 Å². The van der Waals surface area contributed by atoms with Crippen molar-refractivity contribution in [1.29, 1.82) is 0 Å². The Kier molecular flexibility index (Phi) is 5.14. The summed E-state index contributed by atoms with van der Waals surface area (Å²) < 4.78 is 13.0. The first kappa shape index (κ1) is 15.3. The number of hydrogen-bond acceptors (Lipinski definition) is 2. The molecule has 3 amide bonds. The second kappa shape index (κ2) is 7.06. The van der Waals surface area contributed by atoms with Crippen LogP contribution in [0.3, 0.4) is 0 Å². The van der Waals surface area contributed by atoms with Crippen LogP contribution in [0.4, 0.5) is 14.9 Å². The summed E-state index contributed by atoms with van der Waals surface area (Å²) in [7, 11) is 0. The van der Waals surface area contributed by atoms with E-state index in [1.54, 1.807) is 6.92 Å². The Balaban J connectivity index is 1.68. The van der Waals surface area contributed by atoms with Crippen molar-refractivity contribution in [3.05, 3.63) is 29.6 Å². The molecular formula is C15H20FN3O2. The van der Waals surface area contributed by atoms with Crippen molar-refractivity contribution in [2.45, 2.75) is 26.2 Å². The third-order valence-corrected chi connectivity index (χ3v) is 3.50. The van der Waals surface area contributed by atoms with Gasteiger partial charge in [0, 0.05) is 31.7 Å². The monoisotopic (exact) mass is 293 g/mol. The minimum Gasteiger partial charge on any atom is -0.343 e. The lowest BCUT2D eigenvalue weighted by atomic mass is 10.2. The third-order valence-electron chi connectivity index (χ3n) is 3.50. The van der Waals surface area contributed by atoms with Crippen LogP contribution >= 0.6 is 0 Å². The molecule has 6 heteroatoms. The molecule has 2 rings (SSSR count). The first-order chi connectivity index (χ1) is 10.1. The number of rotatable bonds is 5. The van der Waals surface area contributed by atoms with E-state index in [4.69, 9.17) is 0 Å². The molecule has 1 aromatic rings. The first-order valence-electron chi connectivity index (χ1n) is 7.15. The summed E-state index contributed by atoms with van der Waals surface area (Å²) >= 11 is 0. The molecule has 114 valence electrons. The van der Waals surface area contributed by atoms with Gasteiger partial charge in [0.15, 0.2) is 0 Å². The van der Waals surface area contributed by atoms with Gasteiger partial charge < -0.3 is 15.5 Å². The molecule has 0 unspecified atom stereocenters. The molecule has 0 saturated carbocycles. The number of amides is 3. The highest BCUT2D eigenvalue weighted by molar-refractivity contribution is 5.90. The zero-order valence-electron chi connectivity index (χ0n) is 12.1. The summed E-state index contributed by atoms with van der Waals surface area (Å²) in [5, 5.41) is 5.41.